The van der Waals surface area contributed by atoms with Crippen LogP contribution >= 0.6 is 11.6 Å². The summed E-state index contributed by atoms with van der Waals surface area (Å²) in [5.41, 5.74) is 0.163. The fourth-order valence-corrected chi connectivity index (χ4v) is 5.95. The quantitative estimate of drug-likeness (QED) is 0.0764. The summed E-state index contributed by atoms with van der Waals surface area (Å²) in [6, 6.07) is 0. The summed E-state index contributed by atoms with van der Waals surface area (Å²) in [5, 5.41) is 43.3. The molecule has 2 amide bonds. The summed E-state index contributed by atoms with van der Waals surface area (Å²) in [4.78, 5) is 75.1. The molecule has 0 bridgehead atoms. The van der Waals surface area contributed by atoms with Crippen molar-refractivity contribution in [3.05, 3.63) is 23.4 Å². The van der Waals surface area contributed by atoms with Crippen LogP contribution in [0.2, 0.25) is 5.15 Å². The molecule has 5 N–H and O–H groups in total. The third-order valence-corrected chi connectivity index (χ3v) is 8.18. The molecule has 2 aliphatic heterocycles. The highest BCUT2D eigenvalue weighted by Gasteiger charge is 2.55. The van der Waals surface area contributed by atoms with E-state index in [0.717, 1.165) is 20.8 Å². The van der Waals surface area contributed by atoms with E-state index >= 15 is 0 Å². The summed E-state index contributed by atoms with van der Waals surface area (Å²) in [6.45, 7) is 3.95. The topological polar surface area (TPSA) is 300 Å². The number of fused-ring (bicyclic) bond motifs is 1. The van der Waals surface area contributed by atoms with E-state index in [1.807, 2.05) is 0 Å². The second-order valence-corrected chi connectivity index (χ2v) is 12.3. The van der Waals surface area contributed by atoms with E-state index in [0.29, 0.717) is 0 Å². The third kappa shape index (κ3) is 8.84. The molecule has 5 heterocycles. The molecular weight excluding hydrogens is 734 g/mol. The lowest BCUT2D eigenvalue weighted by Gasteiger charge is -2.44. The SMILES string of the molecule is CO[C@H]1O[C@H](Cn2cc(CNC(=O)[C@H]3O[C@@H](n4cnc5c(Cl)nc(NC(C)=O)nc54)[C@H](OC(C)=O)[C@@H](OC(C)=O)[C@@H]3OC(C)=O)nn2)[C@@H](O)[C@H](O)[C@H]1O. The van der Waals surface area contributed by atoms with Crippen LogP contribution < -0.4 is 10.6 Å². The molecule has 23 nitrogen and oxygen atoms in total. The van der Waals surface area contributed by atoms with Crippen molar-refractivity contribution in [3.63, 3.8) is 0 Å². The van der Waals surface area contributed by atoms with Gasteiger partial charge in [-0.25, -0.2) is 9.67 Å². The van der Waals surface area contributed by atoms with Crippen molar-refractivity contribution in [1.29, 1.82) is 0 Å². The molecular formula is C29H36ClN9O14. The number of aliphatic hydroxyl groups excluding tert-OH is 3. The van der Waals surface area contributed by atoms with Crippen LogP contribution in [-0.4, -0.2) is 142 Å². The zero-order valence-corrected chi connectivity index (χ0v) is 29.4. The van der Waals surface area contributed by atoms with Crippen LogP contribution in [0.5, 0.6) is 0 Å². The number of hydrogen-bond acceptors (Lipinski definition) is 19. The number of halogens is 1. The molecule has 0 aliphatic carbocycles. The second kappa shape index (κ2) is 16.4. The Morgan fingerprint density at radius 3 is 2.21 bits per heavy atom. The van der Waals surface area contributed by atoms with E-state index in [-0.39, 0.29) is 41.0 Å². The number of hydrogen-bond donors (Lipinski definition) is 5. The van der Waals surface area contributed by atoms with Crippen LogP contribution in [-0.2, 0) is 65.5 Å². The normalized spacial score (nSPS) is 28.5. The number of anilines is 1. The van der Waals surface area contributed by atoms with Crippen molar-refractivity contribution < 1.29 is 67.7 Å². The average molecular weight is 770 g/mol. The molecule has 3 aromatic rings. The number of methoxy groups -OCH3 is 1. The highest BCUT2D eigenvalue weighted by atomic mass is 35.5. The molecule has 3 aromatic heterocycles. The largest absolute Gasteiger partial charge is 0.455 e. The number of ether oxygens (including phenoxy) is 6. The van der Waals surface area contributed by atoms with Gasteiger partial charge in [0, 0.05) is 34.8 Å². The molecule has 0 radical (unpaired) electrons. The predicted molar refractivity (Wildman–Crippen MR) is 171 cm³/mol. The molecule has 53 heavy (non-hydrogen) atoms. The minimum absolute atomic E-state index is 0.0238. The molecule has 5 rings (SSSR count). The summed E-state index contributed by atoms with van der Waals surface area (Å²) in [7, 11) is 1.26. The van der Waals surface area contributed by atoms with Crippen LogP contribution in [0.3, 0.4) is 0 Å². The van der Waals surface area contributed by atoms with Gasteiger partial charge < -0.3 is 49.1 Å². The second-order valence-electron chi connectivity index (χ2n) is 11.9. The fraction of sp³-hybridized carbons (Fsp3) is 0.586. The van der Waals surface area contributed by atoms with E-state index < -0.39 is 91.1 Å². The van der Waals surface area contributed by atoms with E-state index in [9.17, 15) is 39.3 Å². The number of nitrogens with zero attached hydrogens (tertiary/aromatic N) is 7. The van der Waals surface area contributed by atoms with Gasteiger partial charge >= 0.3 is 17.9 Å². The van der Waals surface area contributed by atoms with Gasteiger partial charge in [0.05, 0.1) is 25.6 Å². The Morgan fingerprint density at radius 2 is 1.57 bits per heavy atom. The monoisotopic (exact) mass is 769 g/mol. The van der Waals surface area contributed by atoms with Gasteiger partial charge in [0.25, 0.3) is 5.91 Å². The number of amides is 2. The Labute approximate surface area is 303 Å². The molecule has 24 heteroatoms. The number of carbonyl (C=O) groups is 5. The van der Waals surface area contributed by atoms with Crippen molar-refractivity contribution in [3.8, 4) is 0 Å². The van der Waals surface area contributed by atoms with Crippen molar-refractivity contribution >= 4 is 58.4 Å². The Morgan fingerprint density at radius 1 is 0.906 bits per heavy atom. The van der Waals surface area contributed by atoms with Crippen molar-refractivity contribution in [2.24, 2.45) is 0 Å². The number of aliphatic hydroxyl groups is 3. The minimum Gasteiger partial charge on any atom is -0.455 e. The first-order valence-electron chi connectivity index (χ1n) is 15.8. The van der Waals surface area contributed by atoms with Crippen molar-refractivity contribution in [2.45, 2.75) is 102 Å². The number of imidazole rings is 1. The zero-order chi connectivity index (χ0) is 38.7. The van der Waals surface area contributed by atoms with Gasteiger partial charge in [-0.3, -0.25) is 33.9 Å². The van der Waals surface area contributed by atoms with Crippen molar-refractivity contribution in [1.82, 2.24) is 39.8 Å². The van der Waals surface area contributed by atoms with E-state index in [1.54, 1.807) is 0 Å². The molecule has 0 saturated carbocycles. The zero-order valence-electron chi connectivity index (χ0n) is 28.7. The van der Waals surface area contributed by atoms with Gasteiger partial charge in [-0.05, 0) is 0 Å². The molecule has 288 valence electrons. The molecule has 2 aliphatic rings. The Balaban J connectivity index is 1.44. The number of rotatable bonds is 11. The first-order valence-corrected chi connectivity index (χ1v) is 16.2. The molecule has 0 spiro atoms. The molecule has 2 saturated heterocycles. The number of aromatic nitrogens is 7. The van der Waals surface area contributed by atoms with E-state index in [1.165, 1.54) is 35.8 Å². The minimum atomic E-state index is -1.75. The third-order valence-electron chi connectivity index (χ3n) is 7.92. The molecule has 0 aromatic carbocycles. The van der Waals surface area contributed by atoms with Crippen LogP contribution in [0.1, 0.15) is 39.6 Å². The lowest BCUT2D eigenvalue weighted by atomic mass is 9.96. The summed E-state index contributed by atoms with van der Waals surface area (Å²) in [6.07, 6.45) is -12.4. The van der Waals surface area contributed by atoms with Crippen molar-refractivity contribution in [2.75, 3.05) is 12.4 Å². The summed E-state index contributed by atoms with van der Waals surface area (Å²) >= 11 is 6.31. The van der Waals surface area contributed by atoms with Crippen LogP contribution in [0.15, 0.2) is 12.5 Å². The van der Waals surface area contributed by atoms with E-state index in [2.05, 4.69) is 35.9 Å². The van der Waals surface area contributed by atoms with Crippen LogP contribution in [0.25, 0.3) is 11.2 Å². The maximum atomic E-state index is 13.9. The number of esters is 3. The number of carbonyl (C=O) groups excluding carboxylic acids is 5. The van der Waals surface area contributed by atoms with Gasteiger partial charge in [-0.2, -0.15) is 9.97 Å². The predicted octanol–water partition coefficient (Wildman–Crippen LogP) is -2.51. The highest BCUT2D eigenvalue weighted by Crippen LogP contribution is 2.37. The molecule has 2 fully saturated rings. The Hall–Kier alpha value is -4.91. The van der Waals surface area contributed by atoms with Crippen LogP contribution in [0.4, 0.5) is 5.95 Å². The molecule has 0 unspecified atom stereocenters. The smallest absolute Gasteiger partial charge is 0.303 e. The average Bonchev–Trinajstić information content (AvgIpc) is 3.71. The standard InChI is InChI=1S/C29H36ClN9O14/c1-10(40)33-29-34-24(30)16-25(35-29)39(9-32-16)27-23(51-13(4)43)21(50-12(3)42)20(49-11(2)41)22(53-27)26(47)31-6-14-7-38(37-36-14)8-15-17(44)18(45)19(46)28(48-5)52-15/h7,9,15,17-23,27-28,44-46H,6,8H2,1-5H3,(H,31,47)(H,33,34,35,40)/t15-,17-,18+,19-,20+,21+,22+,23-,27-,28+/m1/s1. The van der Waals surface area contributed by atoms with Gasteiger partial charge in [0.2, 0.25) is 11.9 Å². The van der Waals surface area contributed by atoms with Gasteiger partial charge in [0.1, 0.15) is 35.6 Å². The molecule has 10 atom stereocenters. The lowest BCUT2D eigenvalue weighted by molar-refractivity contribution is -0.292. The van der Waals surface area contributed by atoms with E-state index in [4.69, 9.17) is 40.0 Å². The number of nitrogens with one attached hydrogen (secondary N) is 2. The highest BCUT2D eigenvalue weighted by molar-refractivity contribution is 6.33. The first kappa shape index (κ1) is 39.3. The fourth-order valence-electron chi connectivity index (χ4n) is 5.74. The maximum absolute atomic E-state index is 13.9. The summed E-state index contributed by atoms with van der Waals surface area (Å²) in [5.74, 6) is -4.29. The Bertz CT molecular complexity index is 1860. The van der Waals surface area contributed by atoms with Gasteiger partial charge in [0.15, 0.2) is 47.7 Å². The van der Waals surface area contributed by atoms with Gasteiger partial charge in [-0.15, -0.1) is 5.10 Å². The van der Waals surface area contributed by atoms with Gasteiger partial charge in [-0.1, -0.05) is 16.8 Å². The first-order chi connectivity index (χ1) is 25.1. The lowest BCUT2D eigenvalue weighted by Crippen LogP contribution is -2.62. The Kier molecular flexibility index (Phi) is 12.2. The maximum Gasteiger partial charge on any atom is 0.303 e. The summed E-state index contributed by atoms with van der Waals surface area (Å²) < 4.78 is 35.7. The van der Waals surface area contributed by atoms with Crippen LogP contribution in [0, 0.1) is 0 Å².